The van der Waals surface area contributed by atoms with E-state index in [9.17, 15) is 0 Å². The lowest BCUT2D eigenvalue weighted by Crippen LogP contribution is -2.23. The van der Waals surface area contributed by atoms with Crippen molar-refractivity contribution >= 4 is 47.8 Å². The topological polar surface area (TPSA) is 20.2 Å². The van der Waals surface area contributed by atoms with E-state index in [1.807, 2.05) is 0 Å². The molecular formula is C25H28IOP. The van der Waals surface area contributed by atoms with Gasteiger partial charge in [-0.25, -0.2) is 0 Å². The van der Waals surface area contributed by atoms with Crippen molar-refractivity contribution in [1.29, 1.82) is 0 Å². The molecule has 0 fully saturated rings. The third-order valence-corrected chi connectivity index (χ3v) is 7.09. The molecule has 0 atom stereocenters. The van der Waals surface area contributed by atoms with Crippen LogP contribution < -0.4 is 15.9 Å². The smallest absolute Gasteiger partial charge is 0.0465 e. The quantitative estimate of drug-likeness (QED) is 0.182. The molecule has 28 heavy (non-hydrogen) atoms. The molecule has 0 heterocycles. The molecule has 3 heteroatoms. The average molecular weight is 502 g/mol. The first-order chi connectivity index (χ1) is 13.4. The maximum atomic E-state index is 8.87. The van der Waals surface area contributed by atoms with Crippen LogP contribution in [0.25, 0.3) is 0 Å². The monoisotopic (exact) mass is 502 g/mol. The summed E-state index contributed by atoms with van der Waals surface area (Å²) in [5.41, 5.74) is 1.45. The van der Waals surface area contributed by atoms with Crippen molar-refractivity contribution < 1.29 is 5.11 Å². The van der Waals surface area contributed by atoms with Crippen LogP contribution in [-0.2, 0) is 6.42 Å². The molecule has 0 aliphatic rings. The van der Waals surface area contributed by atoms with Crippen LogP contribution in [0.1, 0.15) is 24.8 Å². The zero-order chi connectivity index (χ0) is 18.7. The Morgan fingerprint density at radius 1 is 0.679 bits per heavy atom. The Labute approximate surface area is 187 Å². The van der Waals surface area contributed by atoms with Crippen LogP contribution in [0.3, 0.4) is 0 Å². The number of unbranched alkanes of at least 4 members (excludes halogenated alkanes) is 1. The molecule has 3 aromatic rings. The molecule has 0 amide bonds. The van der Waals surface area contributed by atoms with Crippen molar-refractivity contribution in [1.82, 2.24) is 0 Å². The minimum Gasteiger partial charge on any atom is -0.396 e. The summed E-state index contributed by atoms with van der Waals surface area (Å²) in [6.07, 6.45) is 8.29. The second kappa shape index (κ2) is 12.9. The number of rotatable bonds is 9. The first-order valence-corrected chi connectivity index (χ1v) is 11.0. The van der Waals surface area contributed by atoms with Crippen LogP contribution in [0, 0.1) is 0 Å². The molecule has 1 nitrogen and oxygen atoms in total. The van der Waals surface area contributed by atoms with Gasteiger partial charge in [0.1, 0.15) is 0 Å². The van der Waals surface area contributed by atoms with Gasteiger partial charge in [-0.3, -0.25) is 0 Å². The zero-order valence-corrected chi connectivity index (χ0v) is 19.3. The minimum absolute atomic E-state index is 0. The first kappa shape index (κ1) is 22.8. The molecule has 0 saturated carbocycles. The Bertz CT molecular complexity index is 794. The fourth-order valence-electron chi connectivity index (χ4n) is 3.24. The minimum atomic E-state index is -0.548. The molecule has 3 rings (SSSR count). The van der Waals surface area contributed by atoms with E-state index in [4.69, 9.17) is 5.11 Å². The summed E-state index contributed by atoms with van der Waals surface area (Å²) in [5, 5.41) is 13.1. The van der Waals surface area contributed by atoms with Gasteiger partial charge in [0.15, 0.2) is 0 Å². The number of hydrogen-bond donors (Lipinski definition) is 1. The van der Waals surface area contributed by atoms with E-state index >= 15 is 0 Å². The van der Waals surface area contributed by atoms with Crippen LogP contribution in [0.2, 0.25) is 0 Å². The Hall–Kier alpha value is -1.48. The fraction of sp³-hybridized carbons (Fsp3) is 0.200. The number of allylic oxidation sites excluding steroid dienone is 1. The lowest BCUT2D eigenvalue weighted by atomic mass is 10.1. The summed E-state index contributed by atoms with van der Waals surface area (Å²) in [7, 11) is -0.548. The molecule has 146 valence electrons. The number of halogens is 1. The van der Waals surface area contributed by atoms with Gasteiger partial charge in [0, 0.05) is 6.61 Å². The summed E-state index contributed by atoms with van der Waals surface area (Å²) < 4.78 is 0. The number of aliphatic hydroxyl groups is 1. The van der Waals surface area contributed by atoms with E-state index < -0.39 is 7.92 Å². The van der Waals surface area contributed by atoms with Gasteiger partial charge in [-0.2, -0.15) is 0 Å². The van der Waals surface area contributed by atoms with Crippen molar-refractivity contribution in [3.63, 3.8) is 0 Å². The van der Waals surface area contributed by atoms with E-state index in [1.54, 1.807) is 0 Å². The van der Waals surface area contributed by atoms with E-state index in [0.29, 0.717) is 0 Å². The maximum Gasteiger partial charge on any atom is 0.0465 e. The van der Waals surface area contributed by atoms with Crippen molar-refractivity contribution in [2.75, 3.05) is 6.61 Å². The number of aryl methyl sites for hydroxylation is 1. The molecule has 0 bridgehead atoms. The van der Waals surface area contributed by atoms with Crippen LogP contribution >= 0.6 is 31.9 Å². The number of benzene rings is 3. The predicted octanol–water partition coefficient (Wildman–Crippen LogP) is 5.32. The highest BCUT2D eigenvalue weighted by Gasteiger charge is 2.18. The summed E-state index contributed by atoms with van der Waals surface area (Å²) in [6, 6.07) is 30.7. The molecule has 0 spiro atoms. The molecular weight excluding hydrogens is 474 g/mol. The Kier molecular flexibility index (Phi) is 10.5. The highest BCUT2D eigenvalue weighted by atomic mass is 127. The van der Waals surface area contributed by atoms with Crippen LogP contribution in [-0.4, -0.2) is 11.7 Å². The molecule has 1 N–H and O–H groups in total. The number of aliphatic hydroxyl groups excluding tert-OH is 1. The first-order valence-electron chi connectivity index (χ1n) is 9.64. The normalized spacial score (nSPS) is 10.9. The van der Waals surface area contributed by atoms with E-state index in [2.05, 4.69) is 97.1 Å². The van der Waals surface area contributed by atoms with Gasteiger partial charge in [0.2, 0.25) is 0 Å². The fourth-order valence-corrected chi connectivity index (χ4v) is 5.75. The van der Waals surface area contributed by atoms with E-state index in [1.165, 1.54) is 21.5 Å². The van der Waals surface area contributed by atoms with Crippen LogP contribution in [0.15, 0.2) is 97.1 Å². The zero-order valence-electron chi connectivity index (χ0n) is 16.1. The molecule has 0 aromatic heterocycles. The van der Waals surface area contributed by atoms with E-state index in [0.717, 1.165) is 25.7 Å². The van der Waals surface area contributed by atoms with Gasteiger partial charge in [-0.05, 0) is 55.1 Å². The Morgan fingerprint density at radius 3 is 1.82 bits per heavy atom. The number of hydrogen-bond acceptors (Lipinski definition) is 1. The second-order valence-electron chi connectivity index (χ2n) is 6.51. The summed E-state index contributed by atoms with van der Waals surface area (Å²) in [6.45, 7) is 0.234. The largest absolute Gasteiger partial charge is 0.396 e. The molecule has 0 aliphatic carbocycles. The van der Waals surface area contributed by atoms with Gasteiger partial charge < -0.3 is 5.11 Å². The molecule has 0 radical (unpaired) electrons. The van der Waals surface area contributed by atoms with Crippen molar-refractivity contribution in [2.45, 2.75) is 25.7 Å². The van der Waals surface area contributed by atoms with Crippen LogP contribution in [0.5, 0.6) is 0 Å². The SMILES string of the molecule is I.OCCC=CCCCc1ccccc1P(c1ccccc1)c1ccccc1. The van der Waals surface area contributed by atoms with Crippen molar-refractivity contribution in [2.24, 2.45) is 0 Å². The van der Waals surface area contributed by atoms with Crippen LogP contribution in [0.4, 0.5) is 0 Å². The van der Waals surface area contributed by atoms with Gasteiger partial charge in [0.05, 0.1) is 0 Å². The van der Waals surface area contributed by atoms with Gasteiger partial charge in [0.25, 0.3) is 0 Å². The van der Waals surface area contributed by atoms with Gasteiger partial charge in [-0.15, -0.1) is 24.0 Å². The Morgan fingerprint density at radius 2 is 1.21 bits per heavy atom. The molecule has 0 saturated heterocycles. The lowest BCUT2D eigenvalue weighted by molar-refractivity contribution is 0.302. The Balaban J connectivity index is 0.00000280. The van der Waals surface area contributed by atoms with Gasteiger partial charge in [-0.1, -0.05) is 97.1 Å². The average Bonchev–Trinajstić information content (AvgIpc) is 2.73. The highest BCUT2D eigenvalue weighted by Crippen LogP contribution is 2.34. The standard InChI is InChI=1S/C25H27OP.HI/c26-21-13-3-1-2-6-14-22-15-11-12-20-25(22)27(23-16-7-4-8-17-23)24-18-9-5-10-19-24;/h1,3-5,7-12,15-20,26H,2,6,13-14,21H2;1H. The van der Waals surface area contributed by atoms with Gasteiger partial charge >= 0.3 is 0 Å². The summed E-state index contributed by atoms with van der Waals surface area (Å²) in [5.74, 6) is 0. The third kappa shape index (κ3) is 6.55. The second-order valence-corrected chi connectivity index (χ2v) is 8.70. The molecule has 0 unspecified atom stereocenters. The van der Waals surface area contributed by atoms with E-state index in [-0.39, 0.29) is 30.6 Å². The van der Waals surface area contributed by atoms with Crippen molar-refractivity contribution in [3.8, 4) is 0 Å². The third-order valence-electron chi connectivity index (χ3n) is 4.54. The maximum absolute atomic E-state index is 8.87. The summed E-state index contributed by atoms with van der Waals surface area (Å²) >= 11 is 0. The summed E-state index contributed by atoms with van der Waals surface area (Å²) in [4.78, 5) is 0. The molecule has 0 aliphatic heterocycles. The predicted molar refractivity (Wildman–Crippen MR) is 134 cm³/mol. The highest BCUT2D eigenvalue weighted by molar-refractivity contribution is 14.0. The lowest BCUT2D eigenvalue weighted by Gasteiger charge is -2.22. The van der Waals surface area contributed by atoms with Crippen molar-refractivity contribution in [3.05, 3.63) is 103 Å². The molecule has 3 aromatic carbocycles.